The Hall–Kier alpha value is -0.250. The topological polar surface area (TPSA) is 32.3 Å². The molecule has 1 aromatic rings. The molecule has 13 heavy (non-hydrogen) atoms. The van der Waals surface area contributed by atoms with Gasteiger partial charge in [0.05, 0.1) is 22.0 Å². The minimum absolute atomic E-state index is 0.106. The first kappa shape index (κ1) is 10.8. The first-order valence-corrected chi connectivity index (χ1v) is 5.45. The first-order chi connectivity index (χ1) is 6.13. The molecule has 74 valence electrons. The van der Waals surface area contributed by atoms with Crippen molar-refractivity contribution >= 4 is 27.9 Å². The monoisotopic (exact) mass is 219 g/mol. The van der Waals surface area contributed by atoms with Crippen LogP contribution in [0.3, 0.4) is 0 Å². The summed E-state index contributed by atoms with van der Waals surface area (Å²) in [6.45, 7) is 4.29. The van der Waals surface area contributed by atoms with Crippen molar-refractivity contribution in [1.29, 1.82) is 0 Å². The molecule has 0 aliphatic heterocycles. The second-order valence-corrected chi connectivity index (χ2v) is 5.00. The summed E-state index contributed by atoms with van der Waals surface area (Å²) < 4.78 is 0.767. The number of aliphatic hydroxyl groups is 1. The molecule has 1 unspecified atom stereocenters. The van der Waals surface area contributed by atoms with E-state index >= 15 is 0 Å². The Bertz CT molecular complexity index is 262. The molecule has 0 fully saturated rings. The van der Waals surface area contributed by atoms with E-state index in [1.54, 1.807) is 0 Å². The molecule has 0 aromatic carbocycles. The van der Waals surface area contributed by atoms with Gasteiger partial charge in [0, 0.05) is 0 Å². The lowest BCUT2D eigenvalue weighted by Gasteiger charge is -2.19. The summed E-state index contributed by atoms with van der Waals surface area (Å²) in [6.07, 6.45) is 0. The van der Waals surface area contributed by atoms with Crippen LogP contribution in [0.4, 0.5) is 5.00 Å². The number of anilines is 1. The number of rotatable bonds is 4. The van der Waals surface area contributed by atoms with Gasteiger partial charge < -0.3 is 10.4 Å². The maximum Gasteiger partial charge on any atom is 0.0950 e. The Morgan fingerprint density at radius 1 is 1.54 bits per heavy atom. The van der Waals surface area contributed by atoms with Gasteiger partial charge in [-0.2, -0.15) is 0 Å². The number of nitrogens with one attached hydrogen (secondary N) is 1. The zero-order chi connectivity index (χ0) is 9.84. The molecule has 1 rings (SSSR count). The normalized spacial score (nSPS) is 13.3. The first-order valence-electron chi connectivity index (χ1n) is 4.26. The number of hydrogen-bond donors (Lipinski definition) is 2. The van der Waals surface area contributed by atoms with E-state index in [1.807, 2.05) is 12.1 Å². The van der Waals surface area contributed by atoms with Gasteiger partial charge >= 0.3 is 0 Å². The summed E-state index contributed by atoms with van der Waals surface area (Å²) >= 11 is 7.27. The van der Waals surface area contributed by atoms with Crippen molar-refractivity contribution in [1.82, 2.24) is 0 Å². The van der Waals surface area contributed by atoms with Gasteiger partial charge in [-0.1, -0.05) is 25.4 Å². The summed E-state index contributed by atoms with van der Waals surface area (Å²) in [7, 11) is 0. The van der Waals surface area contributed by atoms with Crippen LogP contribution in [0.2, 0.25) is 4.34 Å². The standard InChI is InChI=1S/C9H14ClNOS/c1-6(2)7(5-12)11-9-4-3-8(10)13-9/h3-4,6-7,11-12H,5H2,1-2H3. The molecular formula is C9H14ClNOS. The fraction of sp³-hybridized carbons (Fsp3) is 0.556. The molecule has 0 saturated heterocycles. The molecule has 0 radical (unpaired) electrons. The molecule has 0 spiro atoms. The number of thiophene rings is 1. The maximum atomic E-state index is 9.07. The third-order valence-electron chi connectivity index (χ3n) is 1.90. The number of hydrogen-bond acceptors (Lipinski definition) is 3. The van der Waals surface area contributed by atoms with Gasteiger partial charge in [-0.25, -0.2) is 0 Å². The predicted octanol–water partition coefficient (Wildman–Crippen LogP) is 2.83. The highest BCUT2D eigenvalue weighted by atomic mass is 35.5. The molecule has 1 atom stereocenters. The Balaban J connectivity index is 2.56. The van der Waals surface area contributed by atoms with Crippen molar-refractivity contribution in [2.75, 3.05) is 11.9 Å². The largest absolute Gasteiger partial charge is 0.394 e. The minimum Gasteiger partial charge on any atom is -0.394 e. The molecule has 1 aromatic heterocycles. The Kier molecular flexibility index (Phi) is 4.03. The summed E-state index contributed by atoms with van der Waals surface area (Å²) in [5, 5.41) is 13.3. The molecule has 0 aliphatic rings. The van der Waals surface area contributed by atoms with Gasteiger partial charge in [-0.15, -0.1) is 11.3 Å². The van der Waals surface area contributed by atoms with E-state index in [-0.39, 0.29) is 12.6 Å². The fourth-order valence-electron chi connectivity index (χ4n) is 0.998. The van der Waals surface area contributed by atoms with Crippen LogP contribution in [0.1, 0.15) is 13.8 Å². The van der Waals surface area contributed by atoms with Crippen molar-refractivity contribution in [2.24, 2.45) is 5.92 Å². The molecular weight excluding hydrogens is 206 g/mol. The molecule has 0 bridgehead atoms. The lowest BCUT2D eigenvalue weighted by atomic mass is 10.1. The third-order valence-corrected chi connectivity index (χ3v) is 3.06. The quantitative estimate of drug-likeness (QED) is 0.817. The van der Waals surface area contributed by atoms with Crippen LogP contribution < -0.4 is 5.32 Å². The van der Waals surface area contributed by atoms with Crippen molar-refractivity contribution in [3.05, 3.63) is 16.5 Å². The van der Waals surface area contributed by atoms with Gasteiger partial charge in [0.15, 0.2) is 0 Å². The Morgan fingerprint density at radius 3 is 2.62 bits per heavy atom. The van der Waals surface area contributed by atoms with Crippen LogP contribution in [0.5, 0.6) is 0 Å². The van der Waals surface area contributed by atoms with E-state index in [9.17, 15) is 0 Å². The van der Waals surface area contributed by atoms with Crippen LogP contribution >= 0.6 is 22.9 Å². The second-order valence-electron chi connectivity index (χ2n) is 3.28. The molecule has 2 N–H and O–H groups in total. The van der Waals surface area contributed by atoms with Gasteiger partial charge in [-0.3, -0.25) is 0 Å². The predicted molar refractivity (Wildman–Crippen MR) is 58.7 cm³/mol. The van der Waals surface area contributed by atoms with E-state index in [0.717, 1.165) is 9.34 Å². The van der Waals surface area contributed by atoms with Crippen LogP contribution in [0, 0.1) is 5.92 Å². The number of halogens is 1. The summed E-state index contributed by atoms with van der Waals surface area (Å²) in [5.74, 6) is 0.408. The summed E-state index contributed by atoms with van der Waals surface area (Å²) in [4.78, 5) is 0. The molecule has 0 saturated carbocycles. The average Bonchev–Trinajstić information content (AvgIpc) is 2.46. The minimum atomic E-state index is 0.106. The van der Waals surface area contributed by atoms with E-state index in [2.05, 4.69) is 19.2 Å². The SMILES string of the molecule is CC(C)C(CO)Nc1ccc(Cl)s1. The second kappa shape index (κ2) is 4.84. The summed E-state index contributed by atoms with van der Waals surface area (Å²) in [5.41, 5.74) is 0. The van der Waals surface area contributed by atoms with Crippen molar-refractivity contribution in [3.63, 3.8) is 0 Å². The van der Waals surface area contributed by atoms with Crippen molar-refractivity contribution in [2.45, 2.75) is 19.9 Å². The molecule has 0 amide bonds. The smallest absolute Gasteiger partial charge is 0.0950 e. The molecule has 1 heterocycles. The van der Waals surface area contributed by atoms with Gasteiger partial charge in [0.1, 0.15) is 0 Å². The lowest BCUT2D eigenvalue weighted by molar-refractivity contribution is 0.249. The zero-order valence-electron chi connectivity index (χ0n) is 7.75. The summed E-state index contributed by atoms with van der Waals surface area (Å²) in [6, 6.07) is 3.89. The Morgan fingerprint density at radius 2 is 2.23 bits per heavy atom. The average molecular weight is 220 g/mol. The van der Waals surface area contributed by atoms with E-state index in [0.29, 0.717) is 5.92 Å². The van der Waals surface area contributed by atoms with E-state index in [1.165, 1.54) is 11.3 Å². The van der Waals surface area contributed by atoms with Crippen LogP contribution in [-0.2, 0) is 0 Å². The fourth-order valence-corrected chi connectivity index (χ4v) is 2.00. The Labute approximate surface area is 87.5 Å². The van der Waals surface area contributed by atoms with Crippen LogP contribution in [-0.4, -0.2) is 17.8 Å². The molecule has 2 nitrogen and oxygen atoms in total. The highest BCUT2D eigenvalue weighted by molar-refractivity contribution is 7.19. The third kappa shape index (κ3) is 3.18. The zero-order valence-corrected chi connectivity index (χ0v) is 9.32. The van der Waals surface area contributed by atoms with Gasteiger partial charge in [-0.05, 0) is 18.1 Å². The lowest BCUT2D eigenvalue weighted by Crippen LogP contribution is -2.28. The molecule has 0 aliphatic carbocycles. The van der Waals surface area contributed by atoms with E-state index in [4.69, 9.17) is 16.7 Å². The van der Waals surface area contributed by atoms with Crippen LogP contribution in [0.15, 0.2) is 12.1 Å². The van der Waals surface area contributed by atoms with E-state index < -0.39 is 0 Å². The number of aliphatic hydroxyl groups excluding tert-OH is 1. The highest BCUT2D eigenvalue weighted by Gasteiger charge is 2.12. The van der Waals surface area contributed by atoms with Gasteiger partial charge in [0.25, 0.3) is 0 Å². The maximum absolute atomic E-state index is 9.07. The van der Waals surface area contributed by atoms with Gasteiger partial charge in [0.2, 0.25) is 0 Å². The highest BCUT2D eigenvalue weighted by Crippen LogP contribution is 2.27. The van der Waals surface area contributed by atoms with Crippen molar-refractivity contribution in [3.8, 4) is 0 Å². The van der Waals surface area contributed by atoms with Crippen molar-refractivity contribution < 1.29 is 5.11 Å². The van der Waals surface area contributed by atoms with Crippen LogP contribution in [0.25, 0.3) is 0 Å². The molecule has 4 heteroatoms.